The number of unbranched alkanes of at least 4 members (excludes halogenated alkanes) is 1. The van der Waals surface area contributed by atoms with E-state index in [1.165, 1.54) is 12.1 Å². The van der Waals surface area contributed by atoms with Crippen LogP contribution in [0.3, 0.4) is 0 Å². The Labute approximate surface area is 193 Å². The fourth-order valence-corrected chi connectivity index (χ4v) is 4.55. The van der Waals surface area contributed by atoms with Crippen molar-refractivity contribution in [3.8, 4) is 11.1 Å². The van der Waals surface area contributed by atoms with Gasteiger partial charge >= 0.3 is 13.1 Å². The van der Waals surface area contributed by atoms with Gasteiger partial charge in [0.25, 0.3) is 0 Å². The summed E-state index contributed by atoms with van der Waals surface area (Å²) in [5.41, 5.74) is 6.76. The Hall–Kier alpha value is -2.49. The van der Waals surface area contributed by atoms with Crippen LogP contribution >= 0.6 is 0 Å². The van der Waals surface area contributed by atoms with Gasteiger partial charge in [-0.25, -0.2) is 8.78 Å². The number of nitrogens with zero attached hydrogens (tertiary/aromatic N) is 1. The van der Waals surface area contributed by atoms with Crippen LogP contribution in [0.1, 0.15) is 37.7 Å². The van der Waals surface area contributed by atoms with Gasteiger partial charge in [0.1, 0.15) is 17.2 Å². The third-order valence-electron chi connectivity index (χ3n) is 6.86. The first-order valence-corrected chi connectivity index (χ1v) is 11.2. The Kier molecular flexibility index (Phi) is 7.77. The maximum Gasteiger partial charge on any atom is 0.451 e. The predicted molar refractivity (Wildman–Crippen MR) is 125 cm³/mol. The highest BCUT2D eigenvalue weighted by Gasteiger charge is 2.49. The number of carbonyl (C=O) groups is 1. The smallest absolute Gasteiger partial charge is 0.451 e. The molecule has 1 aliphatic carbocycles. The molecule has 0 spiro atoms. The largest absolute Gasteiger partial charge is 0.480 e. The minimum absolute atomic E-state index is 0.0116. The number of nitrogens with two attached hydrogens (primary N) is 1. The van der Waals surface area contributed by atoms with E-state index in [0.717, 1.165) is 5.56 Å². The van der Waals surface area contributed by atoms with E-state index < -0.39 is 30.3 Å². The average Bonchev–Trinajstić information content (AvgIpc) is 2.71. The second-order valence-electron chi connectivity index (χ2n) is 9.15. The summed E-state index contributed by atoms with van der Waals surface area (Å²) in [5.74, 6) is -2.30. The molecule has 9 heteroatoms. The van der Waals surface area contributed by atoms with Crippen LogP contribution in [0.15, 0.2) is 36.4 Å². The molecule has 0 radical (unpaired) electrons. The van der Waals surface area contributed by atoms with Crippen LogP contribution in [0.5, 0.6) is 0 Å². The van der Waals surface area contributed by atoms with Crippen molar-refractivity contribution in [2.75, 3.05) is 11.9 Å². The van der Waals surface area contributed by atoms with Crippen molar-refractivity contribution in [3.05, 3.63) is 53.6 Å². The number of carboxylic acid groups (broad SMARTS) is 1. The highest BCUT2D eigenvalue weighted by atomic mass is 19.1. The second-order valence-corrected chi connectivity index (χ2v) is 9.15. The molecule has 0 heterocycles. The zero-order valence-corrected chi connectivity index (χ0v) is 19.0. The molecule has 0 saturated heterocycles. The van der Waals surface area contributed by atoms with Gasteiger partial charge in [0.15, 0.2) is 0 Å². The summed E-state index contributed by atoms with van der Waals surface area (Å²) in [7, 11) is 0.419. The molecule has 2 aromatic rings. The monoisotopic (exact) mass is 460 g/mol. The molecule has 0 amide bonds. The lowest BCUT2D eigenvalue weighted by Crippen LogP contribution is -2.61. The van der Waals surface area contributed by atoms with Gasteiger partial charge in [0, 0.05) is 29.9 Å². The van der Waals surface area contributed by atoms with Crippen molar-refractivity contribution in [3.63, 3.8) is 0 Å². The van der Waals surface area contributed by atoms with Crippen molar-refractivity contribution >= 4 is 18.8 Å². The van der Waals surface area contributed by atoms with Crippen LogP contribution in [-0.2, 0) is 4.79 Å². The molecule has 0 aromatic heterocycles. The molecule has 1 atom stereocenters. The van der Waals surface area contributed by atoms with Gasteiger partial charge in [-0.3, -0.25) is 4.79 Å². The number of anilines is 1. The van der Waals surface area contributed by atoms with Gasteiger partial charge < -0.3 is 25.8 Å². The average molecular weight is 460 g/mol. The Morgan fingerprint density at radius 3 is 2.42 bits per heavy atom. The first kappa shape index (κ1) is 25.1. The van der Waals surface area contributed by atoms with Gasteiger partial charge in [-0.15, -0.1) is 0 Å². The molecule has 1 saturated carbocycles. The van der Waals surface area contributed by atoms with Gasteiger partial charge in [-0.1, -0.05) is 24.5 Å². The Balaban J connectivity index is 1.66. The lowest BCUT2D eigenvalue weighted by Gasteiger charge is -2.48. The van der Waals surface area contributed by atoms with E-state index in [9.17, 15) is 18.7 Å². The standard InChI is InChI=1S/C24H31BF2N2O4/c1-15-5-8-21(26)20(11-15)19-7-6-17(14-22(19)27)29(2)18-12-16(13-18)24(28,23(30)31)9-3-4-10-25(32)33/h5-8,11,14,16,18,32-33H,3-4,9-10,12-13,28H2,1-2H3,(H,30,31)/t16?,18?,24-/m0/s1. The Bertz CT molecular complexity index is 1000. The normalized spacial score (nSPS) is 19.5. The number of hydrogen-bond donors (Lipinski definition) is 4. The van der Waals surface area contributed by atoms with E-state index in [-0.39, 0.29) is 35.8 Å². The van der Waals surface area contributed by atoms with E-state index in [1.807, 2.05) is 18.9 Å². The summed E-state index contributed by atoms with van der Waals surface area (Å²) in [5, 5.41) is 27.6. The van der Waals surface area contributed by atoms with E-state index in [0.29, 0.717) is 31.4 Å². The highest BCUT2D eigenvalue weighted by molar-refractivity contribution is 6.40. The van der Waals surface area contributed by atoms with Gasteiger partial charge in [0.05, 0.1) is 0 Å². The van der Waals surface area contributed by atoms with Crippen molar-refractivity contribution in [1.29, 1.82) is 0 Å². The molecule has 1 aliphatic rings. The highest BCUT2D eigenvalue weighted by Crippen LogP contribution is 2.42. The van der Waals surface area contributed by atoms with Gasteiger partial charge in [-0.05, 0) is 68.8 Å². The number of aryl methyl sites for hydroxylation is 1. The van der Waals surface area contributed by atoms with E-state index in [1.54, 1.807) is 24.3 Å². The van der Waals surface area contributed by atoms with Crippen molar-refractivity contribution in [1.82, 2.24) is 0 Å². The molecule has 5 N–H and O–H groups in total. The molecule has 2 aromatic carbocycles. The molecular formula is C24H31BF2N2O4. The Morgan fingerprint density at radius 2 is 1.82 bits per heavy atom. The third kappa shape index (κ3) is 5.54. The summed E-state index contributed by atoms with van der Waals surface area (Å²) >= 11 is 0. The van der Waals surface area contributed by atoms with Crippen molar-refractivity contribution < 1.29 is 28.7 Å². The summed E-state index contributed by atoms with van der Waals surface area (Å²) in [6.45, 7) is 1.82. The van der Waals surface area contributed by atoms with Crippen LogP contribution in [-0.4, -0.2) is 46.9 Å². The van der Waals surface area contributed by atoms with Crippen molar-refractivity contribution in [2.24, 2.45) is 11.7 Å². The summed E-state index contributed by atoms with van der Waals surface area (Å²) in [4.78, 5) is 13.8. The fraction of sp³-hybridized carbons (Fsp3) is 0.458. The molecule has 0 bridgehead atoms. The lowest BCUT2D eigenvalue weighted by atomic mass is 9.65. The number of rotatable bonds is 10. The minimum atomic E-state index is -1.40. The van der Waals surface area contributed by atoms with Crippen molar-refractivity contribution in [2.45, 2.75) is 56.9 Å². The molecule has 0 aliphatic heterocycles. The quantitative estimate of drug-likeness (QED) is 0.319. The molecule has 33 heavy (non-hydrogen) atoms. The first-order chi connectivity index (χ1) is 15.5. The van der Waals surface area contributed by atoms with E-state index in [4.69, 9.17) is 15.8 Å². The van der Waals surface area contributed by atoms with Crippen LogP contribution in [0.4, 0.5) is 14.5 Å². The summed E-state index contributed by atoms with van der Waals surface area (Å²) in [6, 6.07) is 9.26. The molecule has 0 unspecified atom stereocenters. The van der Waals surface area contributed by atoms with Crippen LogP contribution in [0, 0.1) is 24.5 Å². The number of benzene rings is 2. The summed E-state index contributed by atoms with van der Waals surface area (Å²) < 4.78 is 29.1. The maximum absolute atomic E-state index is 14.9. The zero-order chi connectivity index (χ0) is 24.3. The number of halogens is 2. The predicted octanol–water partition coefficient (Wildman–Crippen LogP) is 3.58. The fourth-order valence-electron chi connectivity index (χ4n) is 4.55. The van der Waals surface area contributed by atoms with Gasteiger partial charge in [0.2, 0.25) is 0 Å². The lowest BCUT2D eigenvalue weighted by molar-refractivity contribution is -0.147. The minimum Gasteiger partial charge on any atom is -0.480 e. The molecule has 3 rings (SSSR count). The number of aliphatic carboxylic acids is 1. The third-order valence-corrected chi connectivity index (χ3v) is 6.86. The molecular weight excluding hydrogens is 429 g/mol. The van der Waals surface area contributed by atoms with E-state index >= 15 is 0 Å². The molecule has 178 valence electrons. The van der Waals surface area contributed by atoms with Gasteiger partial charge in [-0.2, -0.15) is 0 Å². The number of hydrogen-bond acceptors (Lipinski definition) is 5. The van der Waals surface area contributed by atoms with Crippen LogP contribution in [0.25, 0.3) is 11.1 Å². The Morgan fingerprint density at radius 1 is 1.12 bits per heavy atom. The summed E-state index contributed by atoms with van der Waals surface area (Å²) in [6.07, 6.45) is 2.50. The number of carboxylic acids is 1. The maximum atomic E-state index is 14.9. The van der Waals surface area contributed by atoms with Crippen LogP contribution < -0.4 is 10.6 Å². The molecule has 1 fully saturated rings. The van der Waals surface area contributed by atoms with E-state index in [2.05, 4.69) is 0 Å². The molecule has 6 nitrogen and oxygen atoms in total. The second kappa shape index (κ2) is 10.2. The SMILES string of the molecule is Cc1ccc(F)c(-c2ccc(N(C)C3CC([C@@](N)(CCCCB(O)O)C(=O)O)C3)cc2F)c1. The zero-order valence-electron chi connectivity index (χ0n) is 19.0. The first-order valence-electron chi connectivity index (χ1n) is 11.2. The van der Waals surface area contributed by atoms with Crippen LogP contribution in [0.2, 0.25) is 6.32 Å². The topological polar surface area (TPSA) is 107 Å².